The maximum Gasteiger partial charge on any atom is 0.128 e. The monoisotopic (exact) mass is 184 g/mol. The first-order chi connectivity index (χ1) is 6.18. The lowest BCUT2D eigenvalue weighted by atomic mass is 9.96. The molecule has 2 N–H and O–H groups in total. The van der Waals surface area contributed by atoms with Crippen LogP contribution in [-0.4, -0.2) is 11.6 Å². The summed E-state index contributed by atoms with van der Waals surface area (Å²) in [7, 11) is 0. The molecule has 2 nitrogen and oxygen atoms in total. The largest absolute Gasteiger partial charge is 0.268 e. The number of hydrogen-bond acceptors (Lipinski definition) is 2. The molecular weight excluding hydrogens is 174 g/mol. The Kier molecular flexibility index (Phi) is 2.01. The first-order valence-electron chi connectivity index (χ1n) is 4.15. The summed E-state index contributed by atoms with van der Waals surface area (Å²) >= 11 is 0. The second-order valence-electron chi connectivity index (χ2n) is 3.21. The van der Waals surface area contributed by atoms with Crippen LogP contribution < -0.4 is 5.84 Å². The SMILES string of the molecule is NN1CCC1c1cc(F)ccc1F. The van der Waals surface area contributed by atoms with Crippen molar-refractivity contribution in [2.45, 2.75) is 12.5 Å². The Balaban J connectivity index is 2.33. The van der Waals surface area contributed by atoms with Gasteiger partial charge in [-0.3, -0.25) is 5.84 Å². The summed E-state index contributed by atoms with van der Waals surface area (Å²) in [6, 6.07) is 3.30. The number of hydrogen-bond donors (Lipinski definition) is 1. The molecular formula is C9H10F2N2. The number of halogens is 2. The first-order valence-corrected chi connectivity index (χ1v) is 4.15. The Morgan fingerprint density at radius 1 is 1.38 bits per heavy atom. The topological polar surface area (TPSA) is 29.3 Å². The normalized spacial score (nSPS) is 22.8. The Hall–Kier alpha value is -1.00. The van der Waals surface area contributed by atoms with Crippen LogP contribution in [0.25, 0.3) is 0 Å². The first kappa shape index (κ1) is 8.59. The van der Waals surface area contributed by atoms with E-state index in [1.807, 2.05) is 0 Å². The zero-order chi connectivity index (χ0) is 9.42. The van der Waals surface area contributed by atoms with Crippen LogP contribution in [0, 0.1) is 11.6 Å². The van der Waals surface area contributed by atoms with Gasteiger partial charge in [0.15, 0.2) is 0 Å². The number of benzene rings is 1. The minimum Gasteiger partial charge on any atom is -0.268 e. The third-order valence-corrected chi connectivity index (χ3v) is 2.38. The summed E-state index contributed by atoms with van der Waals surface area (Å²) in [5.41, 5.74) is 0.355. The molecule has 4 heteroatoms. The van der Waals surface area contributed by atoms with Crippen molar-refractivity contribution in [1.29, 1.82) is 0 Å². The van der Waals surface area contributed by atoms with E-state index in [-0.39, 0.29) is 11.9 Å². The molecule has 0 spiro atoms. The Labute approximate surface area is 74.9 Å². The van der Waals surface area contributed by atoms with Crippen molar-refractivity contribution in [1.82, 2.24) is 5.01 Å². The molecule has 70 valence electrons. The quantitative estimate of drug-likeness (QED) is 0.671. The molecule has 1 saturated heterocycles. The standard InChI is InChI=1S/C9H10F2N2/c10-6-1-2-8(11)7(5-6)9-3-4-13(9)12/h1-2,5,9H,3-4,12H2. The molecule has 1 unspecified atom stereocenters. The lowest BCUT2D eigenvalue weighted by molar-refractivity contribution is 0.0886. The number of nitrogens with two attached hydrogens (primary N) is 1. The van der Waals surface area contributed by atoms with Gasteiger partial charge >= 0.3 is 0 Å². The van der Waals surface area contributed by atoms with Crippen LogP contribution in [0.5, 0.6) is 0 Å². The Morgan fingerprint density at radius 3 is 2.69 bits per heavy atom. The van der Waals surface area contributed by atoms with Crippen LogP contribution in [0.2, 0.25) is 0 Å². The number of nitrogens with zero attached hydrogens (tertiary/aromatic N) is 1. The van der Waals surface area contributed by atoms with E-state index in [9.17, 15) is 8.78 Å². The van der Waals surface area contributed by atoms with Crippen molar-refractivity contribution in [3.8, 4) is 0 Å². The minimum atomic E-state index is -0.420. The molecule has 1 aliphatic heterocycles. The third kappa shape index (κ3) is 1.43. The van der Waals surface area contributed by atoms with E-state index in [2.05, 4.69) is 0 Å². The van der Waals surface area contributed by atoms with Gasteiger partial charge in [0.2, 0.25) is 0 Å². The fourth-order valence-electron chi connectivity index (χ4n) is 1.51. The van der Waals surface area contributed by atoms with Gasteiger partial charge in [0.1, 0.15) is 11.6 Å². The molecule has 1 aromatic carbocycles. The van der Waals surface area contributed by atoms with E-state index < -0.39 is 5.82 Å². The molecule has 0 aromatic heterocycles. The molecule has 1 heterocycles. The van der Waals surface area contributed by atoms with Crippen LogP contribution in [0.15, 0.2) is 18.2 Å². The highest BCUT2D eigenvalue weighted by Gasteiger charge is 2.29. The second kappa shape index (κ2) is 3.05. The van der Waals surface area contributed by atoms with Crippen molar-refractivity contribution in [2.75, 3.05) is 6.54 Å². The molecule has 13 heavy (non-hydrogen) atoms. The molecule has 1 atom stereocenters. The lowest BCUT2D eigenvalue weighted by Gasteiger charge is -2.37. The average Bonchev–Trinajstić information content (AvgIpc) is 2.09. The summed E-state index contributed by atoms with van der Waals surface area (Å²) in [6.07, 6.45) is 0.789. The zero-order valence-corrected chi connectivity index (χ0v) is 7.00. The van der Waals surface area contributed by atoms with Gasteiger partial charge < -0.3 is 0 Å². The van der Waals surface area contributed by atoms with Gasteiger partial charge in [0.05, 0.1) is 6.04 Å². The van der Waals surface area contributed by atoms with Crippen LogP contribution in [0.1, 0.15) is 18.0 Å². The van der Waals surface area contributed by atoms with Crippen LogP contribution in [0.4, 0.5) is 8.78 Å². The minimum absolute atomic E-state index is 0.157. The summed E-state index contributed by atoms with van der Waals surface area (Å²) in [6.45, 7) is 0.737. The predicted octanol–water partition coefficient (Wildman–Crippen LogP) is 1.59. The van der Waals surface area contributed by atoms with Gasteiger partial charge in [-0.25, -0.2) is 13.8 Å². The molecule has 1 fully saturated rings. The predicted molar refractivity (Wildman–Crippen MR) is 44.6 cm³/mol. The van der Waals surface area contributed by atoms with Crippen LogP contribution >= 0.6 is 0 Å². The van der Waals surface area contributed by atoms with E-state index in [0.717, 1.165) is 25.1 Å². The average molecular weight is 184 g/mol. The van der Waals surface area contributed by atoms with Gasteiger partial charge in [-0.05, 0) is 24.6 Å². The maximum atomic E-state index is 13.2. The fraction of sp³-hybridized carbons (Fsp3) is 0.333. The second-order valence-corrected chi connectivity index (χ2v) is 3.21. The van der Waals surface area contributed by atoms with Gasteiger partial charge in [-0.15, -0.1) is 0 Å². The van der Waals surface area contributed by atoms with E-state index in [4.69, 9.17) is 5.84 Å². The summed E-state index contributed by atoms with van der Waals surface area (Å²) < 4.78 is 25.9. The summed E-state index contributed by atoms with van der Waals surface area (Å²) in [4.78, 5) is 0. The van der Waals surface area contributed by atoms with E-state index in [1.54, 1.807) is 0 Å². The van der Waals surface area contributed by atoms with Gasteiger partial charge in [-0.1, -0.05) is 0 Å². The molecule has 1 aromatic rings. The van der Waals surface area contributed by atoms with E-state index >= 15 is 0 Å². The van der Waals surface area contributed by atoms with Gasteiger partial charge in [-0.2, -0.15) is 0 Å². The molecule has 2 rings (SSSR count). The summed E-state index contributed by atoms with van der Waals surface area (Å²) in [5, 5.41) is 1.51. The zero-order valence-electron chi connectivity index (χ0n) is 7.00. The third-order valence-electron chi connectivity index (χ3n) is 2.38. The fourth-order valence-corrected chi connectivity index (χ4v) is 1.51. The van der Waals surface area contributed by atoms with Crippen molar-refractivity contribution < 1.29 is 8.78 Å². The van der Waals surface area contributed by atoms with E-state index in [1.165, 1.54) is 11.1 Å². The van der Waals surface area contributed by atoms with Crippen molar-refractivity contribution in [3.63, 3.8) is 0 Å². The Morgan fingerprint density at radius 2 is 2.15 bits per heavy atom. The highest BCUT2D eigenvalue weighted by atomic mass is 19.1. The van der Waals surface area contributed by atoms with Crippen molar-refractivity contribution in [3.05, 3.63) is 35.4 Å². The van der Waals surface area contributed by atoms with Gasteiger partial charge in [0.25, 0.3) is 0 Å². The van der Waals surface area contributed by atoms with Crippen LogP contribution in [-0.2, 0) is 0 Å². The number of rotatable bonds is 1. The molecule has 1 aliphatic rings. The van der Waals surface area contributed by atoms with Crippen molar-refractivity contribution >= 4 is 0 Å². The molecule has 0 saturated carbocycles. The van der Waals surface area contributed by atoms with Crippen LogP contribution in [0.3, 0.4) is 0 Å². The molecule has 0 aliphatic carbocycles. The smallest absolute Gasteiger partial charge is 0.128 e. The molecule has 0 amide bonds. The van der Waals surface area contributed by atoms with Gasteiger partial charge in [0, 0.05) is 12.1 Å². The lowest BCUT2D eigenvalue weighted by Crippen LogP contribution is -2.46. The van der Waals surface area contributed by atoms with E-state index in [0.29, 0.717) is 5.56 Å². The molecule has 0 radical (unpaired) electrons. The van der Waals surface area contributed by atoms with Crippen molar-refractivity contribution in [2.24, 2.45) is 5.84 Å². The summed E-state index contributed by atoms with van der Waals surface area (Å²) in [5.74, 6) is 4.71. The Bertz CT molecular complexity index is 327. The maximum absolute atomic E-state index is 13.2. The highest BCUT2D eigenvalue weighted by molar-refractivity contribution is 5.23. The molecule has 0 bridgehead atoms. The number of hydrazine groups is 1. The highest BCUT2D eigenvalue weighted by Crippen LogP contribution is 2.31.